The van der Waals surface area contributed by atoms with Gasteiger partial charge in [-0.2, -0.15) is 0 Å². The van der Waals surface area contributed by atoms with Crippen LogP contribution >= 0.6 is 0 Å². The summed E-state index contributed by atoms with van der Waals surface area (Å²) in [5, 5.41) is 0. The quantitative estimate of drug-likeness (QED) is 0.677. The first-order valence-corrected chi connectivity index (χ1v) is 5.25. The first-order chi connectivity index (χ1) is 6.70. The Bertz CT molecular complexity index is 206. The minimum atomic E-state index is -0.104. The van der Waals surface area contributed by atoms with Gasteiger partial charge in [-0.15, -0.1) is 0 Å². The van der Waals surface area contributed by atoms with Crippen LogP contribution in [0.15, 0.2) is 0 Å². The number of imide groups is 1. The maximum absolute atomic E-state index is 11.6. The van der Waals surface area contributed by atoms with Crippen LogP contribution in [0.25, 0.3) is 0 Å². The lowest BCUT2D eigenvalue weighted by Crippen LogP contribution is -2.46. The molecule has 80 valence electrons. The summed E-state index contributed by atoms with van der Waals surface area (Å²) in [4.78, 5) is 24.6. The predicted octanol–water partition coefficient (Wildman–Crippen LogP) is 0.653. The van der Waals surface area contributed by atoms with Gasteiger partial charge < -0.3 is 5.73 Å². The molecule has 0 saturated carbocycles. The number of rotatable bonds is 3. The van der Waals surface area contributed by atoms with Crippen LogP contribution in [0, 0.1) is 0 Å². The molecule has 0 bridgehead atoms. The van der Waals surface area contributed by atoms with E-state index in [2.05, 4.69) is 0 Å². The third-order valence-corrected chi connectivity index (χ3v) is 2.68. The second-order valence-corrected chi connectivity index (χ2v) is 3.66. The number of hydrogen-bond acceptors (Lipinski definition) is 3. The first kappa shape index (κ1) is 11.2. The summed E-state index contributed by atoms with van der Waals surface area (Å²) in [5.41, 5.74) is 5.54. The van der Waals surface area contributed by atoms with Crippen LogP contribution in [-0.2, 0) is 9.59 Å². The van der Waals surface area contributed by atoms with Crippen molar-refractivity contribution in [3.8, 4) is 0 Å². The molecule has 1 heterocycles. The zero-order chi connectivity index (χ0) is 10.6. The normalized spacial score (nSPS) is 20.9. The van der Waals surface area contributed by atoms with E-state index in [-0.39, 0.29) is 17.9 Å². The Hall–Kier alpha value is -0.900. The number of nitrogens with zero attached hydrogens (tertiary/aromatic N) is 1. The van der Waals surface area contributed by atoms with Crippen molar-refractivity contribution in [1.82, 2.24) is 4.90 Å². The van der Waals surface area contributed by atoms with Gasteiger partial charge in [0.25, 0.3) is 0 Å². The van der Waals surface area contributed by atoms with Crippen molar-refractivity contribution in [2.24, 2.45) is 5.73 Å². The number of amides is 2. The zero-order valence-electron chi connectivity index (χ0n) is 8.66. The minimum absolute atomic E-state index is 0.0511. The van der Waals surface area contributed by atoms with Gasteiger partial charge >= 0.3 is 0 Å². The minimum Gasteiger partial charge on any atom is -0.328 e. The van der Waals surface area contributed by atoms with E-state index in [1.54, 1.807) is 0 Å². The molecule has 2 N–H and O–H groups in total. The van der Waals surface area contributed by atoms with Crippen molar-refractivity contribution >= 4 is 11.8 Å². The number of nitrogens with two attached hydrogens (primary N) is 1. The molecule has 1 rings (SSSR count). The van der Waals surface area contributed by atoms with E-state index in [0.717, 1.165) is 19.3 Å². The molecule has 1 aliphatic heterocycles. The third-order valence-electron chi connectivity index (χ3n) is 2.68. The van der Waals surface area contributed by atoms with Crippen LogP contribution in [0.3, 0.4) is 0 Å². The highest BCUT2D eigenvalue weighted by atomic mass is 16.2. The molecular formula is C10H18N2O2. The van der Waals surface area contributed by atoms with Crippen LogP contribution in [0.4, 0.5) is 0 Å². The Balaban J connectivity index is 2.78. The highest BCUT2D eigenvalue weighted by molar-refractivity contribution is 5.96. The van der Waals surface area contributed by atoms with E-state index in [9.17, 15) is 9.59 Å². The van der Waals surface area contributed by atoms with Crippen LogP contribution < -0.4 is 5.73 Å². The topological polar surface area (TPSA) is 63.4 Å². The maximum atomic E-state index is 11.6. The van der Waals surface area contributed by atoms with Crippen LogP contribution in [0.5, 0.6) is 0 Å². The standard InChI is InChI=1S/C10H18N2O2/c1-2-8(7-11)12-9(13)5-3-4-6-10(12)14/h8H,2-7,11H2,1H3. The monoisotopic (exact) mass is 198 g/mol. The van der Waals surface area contributed by atoms with Gasteiger partial charge in [0.2, 0.25) is 11.8 Å². The summed E-state index contributed by atoms with van der Waals surface area (Å²) in [6.07, 6.45) is 3.36. The third kappa shape index (κ3) is 2.32. The summed E-state index contributed by atoms with van der Waals surface area (Å²) in [6, 6.07) is -0.104. The Labute approximate surface area is 84.4 Å². The first-order valence-electron chi connectivity index (χ1n) is 5.25. The molecular weight excluding hydrogens is 180 g/mol. The van der Waals surface area contributed by atoms with Crippen molar-refractivity contribution in [3.63, 3.8) is 0 Å². The van der Waals surface area contributed by atoms with E-state index in [1.807, 2.05) is 6.92 Å². The number of hydrogen-bond donors (Lipinski definition) is 1. The highest BCUT2D eigenvalue weighted by Crippen LogP contribution is 2.16. The molecule has 0 aromatic rings. The fourth-order valence-electron chi connectivity index (χ4n) is 1.79. The van der Waals surface area contributed by atoms with Crippen molar-refractivity contribution in [2.75, 3.05) is 6.54 Å². The van der Waals surface area contributed by atoms with Gasteiger partial charge in [-0.1, -0.05) is 6.92 Å². The van der Waals surface area contributed by atoms with Crippen molar-refractivity contribution in [3.05, 3.63) is 0 Å². The Morgan fingerprint density at radius 1 is 1.29 bits per heavy atom. The van der Waals surface area contributed by atoms with E-state index >= 15 is 0 Å². The fraction of sp³-hybridized carbons (Fsp3) is 0.800. The second kappa shape index (κ2) is 5.10. The fourth-order valence-corrected chi connectivity index (χ4v) is 1.79. The van der Waals surface area contributed by atoms with Gasteiger partial charge in [-0.3, -0.25) is 14.5 Å². The van der Waals surface area contributed by atoms with Crippen molar-refractivity contribution in [2.45, 2.75) is 45.1 Å². The molecule has 2 amide bonds. The summed E-state index contributed by atoms with van der Waals surface area (Å²) in [5.74, 6) is -0.102. The summed E-state index contributed by atoms with van der Waals surface area (Å²) < 4.78 is 0. The van der Waals surface area contributed by atoms with Crippen molar-refractivity contribution in [1.29, 1.82) is 0 Å². The summed E-state index contributed by atoms with van der Waals surface area (Å²) in [7, 11) is 0. The van der Waals surface area contributed by atoms with E-state index in [4.69, 9.17) is 5.73 Å². The average Bonchev–Trinajstić information content (AvgIpc) is 2.33. The molecule has 4 heteroatoms. The highest BCUT2D eigenvalue weighted by Gasteiger charge is 2.28. The molecule has 4 nitrogen and oxygen atoms in total. The SMILES string of the molecule is CCC(CN)N1C(=O)CCCCC1=O. The molecule has 1 unspecified atom stereocenters. The number of carbonyl (C=O) groups excluding carboxylic acids is 2. The lowest BCUT2D eigenvalue weighted by atomic mass is 10.1. The van der Waals surface area contributed by atoms with Gasteiger partial charge in [-0.25, -0.2) is 0 Å². The lowest BCUT2D eigenvalue weighted by molar-refractivity contribution is -0.146. The molecule has 1 aliphatic rings. The van der Waals surface area contributed by atoms with Crippen LogP contribution in [0.1, 0.15) is 39.0 Å². The summed E-state index contributed by atoms with van der Waals surface area (Å²) in [6.45, 7) is 2.32. The molecule has 1 fully saturated rings. The predicted molar refractivity (Wildman–Crippen MR) is 53.5 cm³/mol. The smallest absolute Gasteiger partial charge is 0.229 e. The Morgan fingerprint density at radius 3 is 2.14 bits per heavy atom. The van der Waals surface area contributed by atoms with Crippen LogP contribution in [-0.4, -0.2) is 29.3 Å². The number of carbonyl (C=O) groups is 2. The Morgan fingerprint density at radius 2 is 1.79 bits per heavy atom. The number of likely N-dealkylation sites (tertiary alicyclic amines) is 1. The second-order valence-electron chi connectivity index (χ2n) is 3.66. The molecule has 0 radical (unpaired) electrons. The molecule has 1 atom stereocenters. The molecule has 0 aliphatic carbocycles. The zero-order valence-corrected chi connectivity index (χ0v) is 8.66. The average molecular weight is 198 g/mol. The van der Waals surface area contributed by atoms with Crippen LogP contribution in [0.2, 0.25) is 0 Å². The summed E-state index contributed by atoms with van der Waals surface area (Å²) >= 11 is 0. The van der Waals surface area contributed by atoms with E-state index < -0.39 is 0 Å². The van der Waals surface area contributed by atoms with Gasteiger partial charge in [0.1, 0.15) is 0 Å². The molecule has 0 aromatic heterocycles. The van der Waals surface area contributed by atoms with Gasteiger partial charge in [0.15, 0.2) is 0 Å². The molecule has 14 heavy (non-hydrogen) atoms. The molecule has 0 aromatic carbocycles. The van der Waals surface area contributed by atoms with E-state index in [1.165, 1.54) is 4.90 Å². The largest absolute Gasteiger partial charge is 0.328 e. The van der Waals surface area contributed by atoms with Gasteiger partial charge in [-0.05, 0) is 19.3 Å². The molecule has 1 saturated heterocycles. The maximum Gasteiger partial charge on any atom is 0.229 e. The van der Waals surface area contributed by atoms with Crippen molar-refractivity contribution < 1.29 is 9.59 Å². The van der Waals surface area contributed by atoms with Gasteiger partial charge in [0, 0.05) is 19.4 Å². The molecule has 0 spiro atoms. The Kier molecular flexibility index (Phi) is 4.07. The lowest BCUT2D eigenvalue weighted by Gasteiger charge is -2.27. The van der Waals surface area contributed by atoms with E-state index in [0.29, 0.717) is 19.4 Å². The van der Waals surface area contributed by atoms with Gasteiger partial charge in [0.05, 0.1) is 6.04 Å².